The van der Waals surface area contributed by atoms with Crippen molar-refractivity contribution in [3.05, 3.63) is 127 Å². The van der Waals surface area contributed by atoms with Crippen molar-refractivity contribution in [2.24, 2.45) is 7.05 Å². The average molecular weight is 555 g/mol. The van der Waals surface area contributed by atoms with Crippen LogP contribution in [-0.2, 0) is 24.8 Å². The molecule has 0 atom stereocenters. The number of hydrogen-bond acceptors (Lipinski definition) is 4. The summed E-state index contributed by atoms with van der Waals surface area (Å²) >= 11 is 6.40. The average Bonchev–Trinajstić information content (AvgIpc) is 2.97. The highest BCUT2D eigenvalue weighted by molar-refractivity contribution is 6.32. The quantitative estimate of drug-likeness (QED) is 0.261. The zero-order valence-corrected chi connectivity index (χ0v) is 22.8. The summed E-state index contributed by atoms with van der Waals surface area (Å²) in [5, 5.41) is 5.19. The SMILES string of the molecule is Cc1ccc(CCC(=O)Nc2c(Cl)n(CC#Cc3ccc(NC(=O)c4ccccc4)cc3)c(=O)n(C)c2=O)cc1. The molecule has 4 aromatic rings. The number of anilines is 2. The number of hydrogen-bond donors (Lipinski definition) is 2. The van der Waals surface area contributed by atoms with Crippen LogP contribution in [0.4, 0.5) is 11.4 Å². The van der Waals surface area contributed by atoms with Gasteiger partial charge in [-0.2, -0.15) is 0 Å². The second kappa shape index (κ2) is 12.8. The van der Waals surface area contributed by atoms with Crippen molar-refractivity contribution in [2.45, 2.75) is 26.3 Å². The van der Waals surface area contributed by atoms with Gasteiger partial charge in [0.25, 0.3) is 11.5 Å². The summed E-state index contributed by atoms with van der Waals surface area (Å²) in [5.41, 5.74) is 2.41. The molecule has 0 saturated carbocycles. The molecule has 1 aromatic heterocycles. The number of benzene rings is 3. The van der Waals surface area contributed by atoms with Gasteiger partial charge in [0.2, 0.25) is 5.91 Å². The summed E-state index contributed by atoms with van der Waals surface area (Å²) in [4.78, 5) is 50.3. The molecule has 3 aromatic carbocycles. The van der Waals surface area contributed by atoms with Gasteiger partial charge in [-0.15, -0.1) is 0 Å². The molecule has 0 saturated heterocycles. The summed E-state index contributed by atoms with van der Waals surface area (Å²) in [6.07, 6.45) is 0.632. The third-order valence-corrected chi connectivity index (χ3v) is 6.55. The minimum atomic E-state index is -0.698. The zero-order chi connectivity index (χ0) is 28.6. The Balaban J connectivity index is 1.44. The molecule has 0 unspecified atom stereocenters. The van der Waals surface area contributed by atoms with Gasteiger partial charge >= 0.3 is 5.69 Å². The fraction of sp³-hybridized carbons (Fsp3) is 0.161. The summed E-state index contributed by atoms with van der Waals surface area (Å²) in [6.45, 7) is 1.88. The first-order valence-electron chi connectivity index (χ1n) is 12.5. The fourth-order valence-electron chi connectivity index (χ4n) is 3.85. The first-order chi connectivity index (χ1) is 19.2. The lowest BCUT2D eigenvalue weighted by atomic mass is 10.1. The highest BCUT2D eigenvalue weighted by Crippen LogP contribution is 2.16. The summed E-state index contributed by atoms with van der Waals surface area (Å²) in [6, 6.07) is 23.6. The number of aromatic nitrogens is 2. The van der Waals surface area contributed by atoms with E-state index in [1.165, 1.54) is 7.05 Å². The first-order valence-corrected chi connectivity index (χ1v) is 12.9. The standard InChI is InChI=1S/C31H27ClN4O4/c1-21-10-12-23(13-11-21)16-19-26(37)34-27-28(32)36(31(40)35(2)30(27)39)20-6-7-22-14-17-25(18-15-22)33-29(38)24-8-4-3-5-9-24/h3-5,8-15,17-18H,16,19-20H2,1-2H3,(H,33,38)(H,34,37). The first kappa shape index (κ1) is 28.1. The predicted molar refractivity (Wildman–Crippen MR) is 157 cm³/mol. The van der Waals surface area contributed by atoms with E-state index in [4.69, 9.17) is 11.6 Å². The van der Waals surface area contributed by atoms with Crippen LogP contribution in [0.1, 0.15) is 33.5 Å². The molecular formula is C31H27ClN4O4. The molecule has 202 valence electrons. The maximum absolute atomic E-state index is 12.7. The third kappa shape index (κ3) is 6.95. The minimum absolute atomic E-state index is 0.107. The van der Waals surface area contributed by atoms with Crippen molar-refractivity contribution >= 4 is 34.8 Å². The van der Waals surface area contributed by atoms with Crippen LogP contribution < -0.4 is 21.9 Å². The van der Waals surface area contributed by atoms with Crippen molar-refractivity contribution in [1.82, 2.24) is 9.13 Å². The number of carbonyl (C=O) groups excluding carboxylic acids is 2. The second-order valence-electron chi connectivity index (χ2n) is 9.13. The molecule has 0 aliphatic carbocycles. The lowest BCUT2D eigenvalue weighted by Crippen LogP contribution is -2.40. The van der Waals surface area contributed by atoms with Gasteiger partial charge in [0.15, 0.2) is 0 Å². The van der Waals surface area contributed by atoms with Gasteiger partial charge in [-0.25, -0.2) is 4.79 Å². The molecule has 1 heterocycles. The van der Waals surface area contributed by atoms with Crippen LogP contribution in [0.5, 0.6) is 0 Å². The number of amides is 2. The predicted octanol–water partition coefficient (Wildman–Crippen LogP) is 4.38. The largest absolute Gasteiger partial charge is 0.332 e. The van der Waals surface area contributed by atoms with Crippen LogP contribution in [0.3, 0.4) is 0 Å². The molecule has 0 spiro atoms. The van der Waals surface area contributed by atoms with Gasteiger partial charge in [-0.1, -0.05) is 71.5 Å². The van der Waals surface area contributed by atoms with E-state index >= 15 is 0 Å². The van der Waals surface area contributed by atoms with E-state index < -0.39 is 17.2 Å². The zero-order valence-electron chi connectivity index (χ0n) is 22.0. The molecule has 0 radical (unpaired) electrons. The minimum Gasteiger partial charge on any atom is -0.322 e. The Bertz CT molecular complexity index is 1710. The maximum atomic E-state index is 12.7. The van der Waals surface area contributed by atoms with Gasteiger partial charge in [0.05, 0.1) is 6.54 Å². The number of nitrogens with zero attached hydrogens (tertiary/aromatic N) is 2. The van der Waals surface area contributed by atoms with Gasteiger partial charge in [0.1, 0.15) is 10.8 Å². The van der Waals surface area contributed by atoms with Gasteiger partial charge < -0.3 is 10.6 Å². The molecule has 40 heavy (non-hydrogen) atoms. The molecule has 0 aliphatic heterocycles. The van der Waals surface area contributed by atoms with Crippen molar-refractivity contribution < 1.29 is 9.59 Å². The van der Waals surface area contributed by atoms with E-state index in [9.17, 15) is 19.2 Å². The van der Waals surface area contributed by atoms with Gasteiger partial charge in [-0.05, 0) is 55.3 Å². The monoisotopic (exact) mass is 554 g/mol. The van der Waals surface area contributed by atoms with Gasteiger partial charge in [-0.3, -0.25) is 23.5 Å². The Hall–Kier alpha value is -4.87. The Kier molecular flexibility index (Phi) is 9.00. The fourth-order valence-corrected chi connectivity index (χ4v) is 4.11. The number of halogens is 1. The van der Waals surface area contributed by atoms with E-state index in [1.54, 1.807) is 48.5 Å². The highest BCUT2D eigenvalue weighted by atomic mass is 35.5. The number of carbonyl (C=O) groups is 2. The molecular weight excluding hydrogens is 528 g/mol. The topological polar surface area (TPSA) is 102 Å². The smallest absolute Gasteiger partial charge is 0.322 e. The lowest BCUT2D eigenvalue weighted by molar-refractivity contribution is -0.116. The van der Waals surface area contributed by atoms with Crippen LogP contribution in [0.15, 0.2) is 88.5 Å². The molecule has 4 rings (SSSR count). The van der Waals surface area contributed by atoms with Crippen LogP contribution in [0, 0.1) is 18.8 Å². The number of nitrogens with one attached hydrogen (secondary N) is 2. The molecule has 0 bridgehead atoms. The number of aryl methyl sites for hydroxylation is 2. The summed E-state index contributed by atoms with van der Waals surface area (Å²) < 4.78 is 2.01. The lowest BCUT2D eigenvalue weighted by Gasteiger charge is -2.13. The second-order valence-corrected chi connectivity index (χ2v) is 9.49. The van der Waals surface area contributed by atoms with Crippen molar-refractivity contribution in [1.29, 1.82) is 0 Å². The van der Waals surface area contributed by atoms with Crippen LogP contribution in [0.25, 0.3) is 0 Å². The molecule has 2 amide bonds. The van der Waals surface area contributed by atoms with E-state index in [-0.39, 0.29) is 29.7 Å². The van der Waals surface area contributed by atoms with Crippen LogP contribution in [0.2, 0.25) is 5.15 Å². The molecule has 9 heteroatoms. The van der Waals surface area contributed by atoms with Crippen molar-refractivity contribution in [3.63, 3.8) is 0 Å². The molecule has 0 fully saturated rings. The Labute approximate surface area is 236 Å². The van der Waals surface area contributed by atoms with Crippen LogP contribution in [-0.4, -0.2) is 20.9 Å². The van der Waals surface area contributed by atoms with E-state index in [2.05, 4.69) is 22.5 Å². The normalized spacial score (nSPS) is 10.4. The number of rotatable bonds is 7. The Morgan fingerprint density at radius 2 is 1.57 bits per heavy atom. The molecule has 2 N–H and O–H groups in total. The Morgan fingerprint density at radius 1 is 0.900 bits per heavy atom. The van der Waals surface area contributed by atoms with E-state index in [1.807, 2.05) is 37.3 Å². The van der Waals surface area contributed by atoms with Gasteiger partial charge in [0, 0.05) is 30.3 Å². The molecule has 8 nitrogen and oxygen atoms in total. The maximum Gasteiger partial charge on any atom is 0.332 e. The van der Waals surface area contributed by atoms with E-state index in [0.717, 1.165) is 20.3 Å². The summed E-state index contributed by atoms with van der Waals surface area (Å²) in [5.74, 6) is 5.20. The molecule has 0 aliphatic rings. The summed E-state index contributed by atoms with van der Waals surface area (Å²) in [7, 11) is 1.31. The Morgan fingerprint density at radius 3 is 2.25 bits per heavy atom. The van der Waals surface area contributed by atoms with E-state index in [0.29, 0.717) is 23.2 Å². The van der Waals surface area contributed by atoms with Crippen LogP contribution >= 0.6 is 11.6 Å². The third-order valence-electron chi connectivity index (χ3n) is 6.15. The highest BCUT2D eigenvalue weighted by Gasteiger charge is 2.18. The van der Waals surface area contributed by atoms with Crippen molar-refractivity contribution in [3.8, 4) is 11.8 Å². The van der Waals surface area contributed by atoms with Crippen molar-refractivity contribution in [2.75, 3.05) is 10.6 Å².